The molecule has 70 heavy (non-hydrogen) atoms. The van der Waals surface area contributed by atoms with E-state index in [1.54, 1.807) is 13.8 Å². The highest BCUT2D eigenvalue weighted by Crippen LogP contribution is 2.66. The van der Waals surface area contributed by atoms with Gasteiger partial charge in [0.25, 0.3) is 10.1 Å². The van der Waals surface area contributed by atoms with E-state index in [0.29, 0.717) is 71.9 Å². The molecule has 9 nitrogen and oxygen atoms in total. The second-order valence-electron chi connectivity index (χ2n) is 24.8. The van der Waals surface area contributed by atoms with Crippen LogP contribution in [0, 0.1) is 70.0 Å². The zero-order valence-electron chi connectivity index (χ0n) is 44.8. The van der Waals surface area contributed by atoms with Crippen LogP contribution >= 0.6 is 0 Å². The average molecular weight is 993 g/mol. The summed E-state index contributed by atoms with van der Waals surface area (Å²) in [5.74, 6) is 7.16. The lowest BCUT2D eigenvalue weighted by Gasteiger charge is -2.56. The highest BCUT2D eigenvalue weighted by Gasteiger charge is 2.61. The summed E-state index contributed by atoms with van der Waals surface area (Å²) >= 11 is 0. The van der Waals surface area contributed by atoms with E-state index in [4.69, 9.17) is 13.7 Å². The monoisotopic (exact) mass is 993 g/mol. The van der Waals surface area contributed by atoms with Crippen LogP contribution in [0.3, 0.4) is 0 Å². The van der Waals surface area contributed by atoms with Gasteiger partial charge in [0, 0.05) is 37.5 Å². The molecule has 396 valence electrons. The third-order valence-corrected chi connectivity index (χ3v) is 20.9. The van der Waals surface area contributed by atoms with Gasteiger partial charge < -0.3 is 9.47 Å². The molecule has 6 saturated carbocycles. The van der Waals surface area contributed by atoms with Gasteiger partial charge >= 0.3 is 11.9 Å². The Balaban J connectivity index is 0.000000208. The van der Waals surface area contributed by atoms with E-state index in [1.807, 2.05) is 6.08 Å². The zero-order valence-corrected chi connectivity index (χ0v) is 45.6. The lowest BCUT2D eigenvalue weighted by Crippen LogP contribution is -2.51. The lowest BCUT2D eigenvalue weighted by molar-refractivity contribution is -0.158. The highest BCUT2D eigenvalue weighted by molar-refractivity contribution is 7.85. The minimum atomic E-state index is -3.32. The van der Waals surface area contributed by atoms with E-state index in [9.17, 15) is 27.6 Å². The summed E-state index contributed by atoms with van der Waals surface area (Å²) < 4.78 is 38.6. The molecule has 0 saturated heterocycles. The van der Waals surface area contributed by atoms with Gasteiger partial charge in [0.05, 0.1) is 12.9 Å². The van der Waals surface area contributed by atoms with Gasteiger partial charge in [-0.25, -0.2) is 0 Å². The minimum Gasteiger partial charge on any atom is -0.462 e. The van der Waals surface area contributed by atoms with Gasteiger partial charge in [0.15, 0.2) is 11.6 Å². The van der Waals surface area contributed by atoms with Crippen molar-refractivity contribution in [2.24, 2.45) is 70.0 Å². The number of ether oxygens (including phenoxy) is 2. The largest absolute Gasteiger partial charge is 0.462 e. The first-order valence-electron chi connectivity index (χ1n) is 29.2. The van der Waals surface area contributed by atoms with Crippen LogP contribution in [0.15, 0.2) is 23.3 Å². The Labute approximate surface area is 425 Å². The molecule has 0 amide bonds. The van der Waals surface area contributed by atoms with Gasteiger partial charge in [-0.05, 0) is 168 Å². The standard InChI is InChI=1S/C30H48O6S.C30H48O3/c1-21(31)36-28-15-14-27-29-22(11-9-7-5-4-6-8-10-18-35-37(3,33)34)19-23-20-24(32)12-13-25(23)26(29)16-17-30(27,28)2;1-4-5-6-7-8-9-10-11-12-22-19-23-20-24(32)13-14-25(23)26-17-18-30(3)27(29(22)26)15-16-28(30)33-21(2)31/h20,22,25-29H,4-19H2,1-3H3;20,22,25-29H,4-19H2,1-3H3/t2*22?,25?,26?,27?,28-,29?,30-/m00/s1. The predicted octanol–water partition coefficient (Wildman–Crippen LogP) is 14.2. The fourth-order valence-electron chi connectivity index (χ4n) is 17.2. The van der Waals surface area contributed by atoms with Gasteiger partial charge in [0.2, 0.25) is 0 Å². The van der Waals surface area contributed by atoms with Crippen LogP contribution in [0.5, 0.6) is 0 Å². The molecular weight excluding hydrogens is 897 g/mol. The van der Waals surface area contributed by atoms with Gasteiger partial charge in [0.1, 0.15) is 12.2 Å². The number of carbonyl (C=O) groups is 4. The number of hydrogen-bond donors (Lipinski definition) is 0. The quantitative estimate of drug-likeness (QED) is 0.0591. The first-order valence-corrected chi connectivity index (χ1v) is 31.0. The molecule has 0 aliphatic heterocycles. The van der Waals surface area contributed by atoms with Crippen LogP contribution in [-0.2, 0) is 43.0 Å². The van der Waals surface area contributed by atoms with Crippen molar-refractivity contribution >= 4 is 33.6 Å². The van der Waals surface area contributed by atoms with Crippen LogP contribution in [0.2, 0.25) is 0 Å². The molecule has 0 radical (unpaired) electrons. The number of carbonyl (C=O) groups excluding carboxylic acids is 4. The number of allylic oxidation sites excluding steroid dienone is 2. The number of hydrogen-bond acceptors (Lipinski definition) is 9. The van der Waals surface area contributed by atoms with Crippen molar-refractivity contribution in [3.05, 3.63) is 23.3 Å². The number of ketones is 2. The molecule has 0 aromatic heterocycles. The van der Waals surface area contributed by atoms with Crippen molar-refractivity contribution < 1.29 is 41.3 Å². The summed E-state index contributed by atoms with van der Waals surface area (Å²) in [6.45, 7) is 10.5. The third kappa shape index (κ3) is 13.7. The van der Waals surface area contributed by atoms with Crippen molar-refractivity contribution in [3.63, 3.8) is 0 Å². The molecular formula is C60H96O9S. The Morgan fingerprint density at radius 2 is 0.971 bits per heavy atom. The molecule has 8 rings (SSSR count). The SMILES string of the molecule is CC(=O)O[C@H]1CCC2C3C(CCCCCCCCCOS(C)(=O)=O)CC4=CC(=O)CCC4C3CC[C@@]21C.CCCCCCCCCCC1CC2=CC(=O)CCC2C2CC[C@@]3(C)C(CC[C@@H]3OC(C)=O)C12. The molecule has 0 N–H and O–H groups in total. The molecule has 0 bridgehead atoms. The van der Waals surface area contributed by atoms with E-state index in [-0.39, 0.29) is 35.0 Å². The van der Waals surface area contributed by atoms with Crippen LogP contribution in [0.4, 0.5) is 0 Å². The molecule has 10 unspecified atom stereocenters. The van der Waals surface area contributed by atoms with E-state index < -0.39 is 10.1 Å². The first kappa shape index (κ1) is 55.4. The molecule has 10 heteroatoms. The van der Waals surface area contributed by atoms with Gasteiger partial charge in [-0.1, -0.05) is 122 Å². The summed E-state index contributed by atoms with van der Waals surface area (Å²) in [4.78, 5) is 48.2. The Hall–Kier alpha value is -2.33. The maximum absolute atomic E-state index is 12.3. The van der Waals surface area contributed by atoms with Gasteiger partial charge in [-0.3, -0.25) is 23.4 Å². The number of rotatable bonds is 22. The summed E-state index contributed by atoms with van der Waals surface area (Å²) in [6, 6.07) is 0. The summed E-state index contributed by atoms with van der Waals surface area (Å²) in [7, 11) is -3.32. The third-order valence-electron chi connectivity index (χ3n) is 20.3. The fourth-order valence-corrected chi connectivity index (χ4v) is 17.6. The van der Waals surface area contributed by atoms with Crippen molar-refractivity contribution in [3.8, 4) is 0 Å². The predicted molar refractivity (Wildman–Crippen MR) is 278 cm³/mol. The summed E-state index contributed by atoms with van der Waals surface area (Å²) in [6.07, 6.45) is 41.6. The smallest absolute Gasteiger partial charge is 0.302 e. The van der Waals surface area contributed by atoms with Crippen molar-refractivity contribution in [1.82, 2.24) is 0 Å². The van der Waals surface area contributed by atoms with Crippen molar-refractivity contribution in [2.45, 2.75) is 246 Å². The van der Waals surface area contributed by atoms with E-state index in [2.05, 4.69) is 26.8 Å². The maximum Gasteiger partial charge on any atom is 0.302 e. The van der Waals surface area contributed by atoms with Crippen LogP contribution in [0.25, 0.3) is 0 Å². The van der Waals surface area contributed by atoms with Crippen LogP contribution in [-0.4, -0.2) is 57.0 Å². The summed E-state index contributed by atoms with van der Waals surface area (Å²) in [5.41, 5.74) is 3.18. The summed E-state index contributed by atoms with van der Waals surface area (Å²) in [5, 5.41) is 0. The topological polar surface area (TPSA) is 130 Å². The number of esters is 2. The molecule has 8 aliphatic carbocycles. The van der Waals surface area contributed by atoms with Crippen LogP contribution < -0.4 is 0 Å². The highest BCUT2D eigenvalue weighted by atomic mass is 32.2. The number of unbranched alkanes of at least 4 members (excludes halogenated alkanes) is 13. The van der Waals surface area contributed by atoms with Gasteiger partial charge in [-0.2, -0.15) is 8.42 Å². The van der Waals surface area contributed by atoms with E-state index >= 15 is 0 Å². The van der Waals surface area contributed by atoms with E-state index in [0.717, 1.165) is 88.7 Å². The van der Waals surface area contributed by atoms with Gasteiger partial charge in [-0.15, -0.1) is 0 Å². The molecule has 0 heterocycles. The molecule has 0 aromatic rings. The zero-order chi connectivity index (χ0) is 50.1. The molecule has 8 aliphatic rings. The first-order chi connectivity index (χ1) is 33.5. The fraction of sp³-hybridized carbons (Fsp3) is 0.867. The van der Waals surface area contributed by atoms with Crippen molar-refractivity contribution in [2.75, 3.05) is 12.9 Å². The Morgan fingerprint density at radius 3 is 1.37 bits per heavy atom. The Kier molecular flexibility index (Phi) is 20.0. The average Bonchev–Trinajstić information content (AvgIpc) is 3.81. The molecule has 14 atom stereocenters. The molecule has 0 spiro atoms. The second kappa shape index (κ2) is 25.3. The number of fused-ring (bicyclic) bond motifs is 10. The minimum absolute atomic E-state index is 0.0595. The molecule has 0 aromatic carbocycles. The Morgan fingerprint density at radius 1 is 0.571 bits per heavy atom. The molecule has 6 fully saturated rings. The van der Waals surface area contributed by atoms with Crippen LogP contribution in [0.1, 0.15) is 234 Å². The normalized spacial score (nSPS) is 36.4. The second-order valence-corrected chi connectivity index (χ2v) is 26.4. The van der Waals surface area contributed by atoms with E-state index in [1.165, 1.54) is 133 Å². The lowest BCUT2D eigenvalue weighted by atomic mass is 9.49. The maximum atomic E-state index is 12.3. The van der Waals surface area contributed by atoms with Crippen molar-refractivity contribution in [1.29, 1.82) is 0 Å². The Bertz CT molecular complexity index is 1950.